The monoisotopic (exact) mass is 310 g/mol. The summed E-state index contributed by atoms with van der Waals surface area (Å²) in [7, 11) is 3.44. The van der Waals surface area contributed by atoms with Gasteiger partial charge in [-0.2, -0.15) is 0 Å². The van der Waals surface area contributed by atoms with Gasteiger partial charge in [-0.3, -0.25) is 4.79 Å². The Morgan fingerprint density at radius 1 is 1.22 bits per heavy atom. The summed E-state index contributed by atoms with van der Waals surface area (Å²) in [4.78, 5) is 17.6. The summed E-state index contributed by atoms with van der Waals surface area (Å²) in [6.45, 7) is 4.35. The highest BCUT2D eigenvalue weighted by atomic mass is 16.5. The summed E-state index contributed by atoms with van der Waals surface area (Å²) in [6, 6.07) is 9.81. The zero-order valence-electron chi connectivity index (χ0n) is 14.1. The zero-order valence-corrected chi connectivity index (χ0v) is 14.1. The Kier molecular flexibility index (Phi) is 3.84. The molecule has 0 atom stereocenters. The van der Waals surface area contributed by atoms with Crippen molar-refractivity contribution in [3.8, 4) is 11.6 Å². The number of hydrogen-bond donors (Lipinski definition) is 0. The molecule has 0 aliphatic heterocycles. The van der Waals surface area contributed by atoms with Gasteiger partial charge in [0.15, 0.2) is 0 Å². The first-order valence-electron chi connectivity index (χ1n) is 7.86. The number of carbonyl (C=O) groups excluding carboxylic acids is 1. The largest absolute Gasteiger partial charge is 0.439 e. The fourth-order valence-electron chi connectivity index (χ4n) is 2.55. The number of pyridine rings is 1. The molecule has 0 spiro atoms. The van der Waals surface area contributed by atoms with Crippen LogP contribution < -0.4 is 4.74 Å². The molecule has 0 N–H and O–H groups in total. The van der Waals surface area contributed by atoms with Gasteiger partial charge in [0.25, 0.3) is 5.91 Å². The van der Waals surface area contributed by atoms with E-state index in [2.05, 4.69) is 31.0 Å². The maximum atomic E-state index is 11.9. The molecule has 1 aromatic heterocycles. The number of hydrogen-bond acceptors (Lipinski definition) is 3. The number of nitrogens with zero attached hydrogens (tertiary/aromatic N) is 2. The molecular formula is C19H22N2O2. The lowest BCUT2D eigenvalue weighted by Crippen LogP contribution is -2.21. The normalized spacial score (nSPS) is 15.1. The Morgan fingerprint density at radius 3 is 2.48 bits per heavy atom. The average molecular weight is 310 g/mol. The number of amides is 1. The van der Waals surface area contributed by atoms with Gasteiger partial charge in [-0.05, 0) is 48.4 Å². The first-order chi connectivity index (χ1) is 10.9. The van der Waals surface area contributed by atoms with Crippen LogP contribution in [0.25, 0.3) is 0 Å². The molecule has 2 aromatic rings. The second-order valence-corrected chi connectivity index (χ2v) is 6.73. The van der Waals surface area contributed by atoms with Crippen LogP contribution in [0.3, 0.4) is 0 Å². The molecule has 0 saturated heterocycles. The van der Waals surface area contributed by atoms with Crippen LogP contribution in [0.15, 0.2) is 36.5 Å². The van der Waals surface area contributed by atoms with E-state index in [0.717, 1.165) is 11.3 Å². The molecule has 1 aliphatic carbocycles. The van der Waals surface area contributed by atoms with Crippen LogP contribution in [-0.2, 0) is 5.41 Å². The smallest absolute Gasteiger partial charge is 0.254 e. The minimum atomic E-state index is -0.0674. The Hall–Kier alpha value is -2.36. The number of benzene rings is 1. The first-order valence-corrected chi connectivity index (χ1v) is 7.86. The number of aromatic nitrogens is 1. The molecule has 1 aliphatic rings. The number of carbonyl (C=O) groups is 1. The summed E-state index contributed by atoms with van der Waals surface area (Å²) < 4.78 is 5.86. The minimum Gasteiger partial charge on any atom is -0.439 e. The summed E-state index contributed by atoms with van der Waals surface area (Å²) in [5, 5.41) is 0. The lowest BCUT2D eigenvalue weighted by Gasteiger charge is -2.14. The van der Waals surface area contributed by atoms with Crippen molar-refractivity contribution in [2.24, 2.45) is 0 Å². The van der Waals surface area contributed by atoms with Crippen molar-refractivity contribution in [2.75, 3.05) is 14.1 Å². The average Bonchev–Trinajstić information content (AvgIpc) is 3.28. The highest BCUT2D eigenvalue weighted by molar-refractivity contribution is 5.93. The Balaban J connectivity index is 1.75. The first kappa shape index (κ1) is 15.5. The van der Waals surface area contributed by atoms with E-state index >= 15 is 0 Å². The summed E-state index contributed by atoms with van der Waals surface area (Å²) in [6.07, 6.45) is 4.07. The molecular weight excluding hydrogens is 288 g/mol. The summed E-state index contributed by atoms with van der Waals surface area (Å²) in [5.41, 5.74) is 3.39. The van der Waals surface area contributed by atoms with Crippen LogP contribution in [-0.4, -0.2) is 29.9 Å². The third-order valence-corrected chi connectivity index (χ3v) is 4.48. The summed E-state index contributed by atoms with van der Waals surface area (Å²) >= 11 is 0. The predicted molar refractivity (Wildman–Crippen MR) is 90.1 cm³/mol. The van der Waals surface area contributed by atoms with Gasteiger partial charge >= 0.3 is 0 Å². The minimum absolute atomic E-state index is 0.0674. The fraction of sp³-hybridized carbons (Fsp3) is 0.368. The molecule has 0 unspecified atom stereocenters. The van der Waals surface area contributed by atoms with Crippen molar-refractivity contribution in [1.29, 1.82) is 0 Å². The SMILES string of the molecule is Cc1cc(C2(C)CC2)ccc1Oc1ccc(C(=O)N(C)C)cn1. The van der Waals surface area contributed by atoms with E-state index in [4.69, 9.17) is 4.74 Å². The van der Waals surface area contributed by atoms with E-state index in [1.54, 1.807) is 32.4 Å². The number of rotatable bonds is 4. The van der Waals surface area contributed by atoms with Gasteiger partial charge in [-0.25, -0.2) is 4.98 Å². The molecule has 1 amide bonds. The fourth-order valence-corrected chi connectivity index (χ4v) is 2.55. The van der Waals surface area contributed by atoms with Crippen LogP contribution in [0.4, 0.5) is 0 Å². The molecule has 1 aromatic carbocycles. The Bertz CT molecular complexity index is 732. The topological polar surface area (TPSA) is 42.4 Å². The Morgan fingerprint density at radius 2 is 1.96 bits per heavy atom. The van der Waals surface area contributed by atoms with E-state index in [1.165, 1.54) is 23.3 Å². The molecule has 4 nitrogen and oxygen atoms in total. The molecule has 1 heterocycles. The van der Waals surface area contributed by atoms with E-state index < -0.39 is 0 Å². The van der Waals surface area contributed by atoms with Gasteiger partial charge in [0.2, 0.25) is 5.88 Å². The van der Waals surface area contributed by atoms with E-state index in [0.29, 0.717) is 16.9 Å². The second-order valence-electron chi connectivity index (χ2n) is 6.73. The molecule has 4 heteroatoms. The van der Waals surface area contributed by atoms with Gasteiger partial charge in [0.1, 0.15) is 5.75 Å². The van der Waals surface area contributed by atoms with Crippen molar-refractivity contribution in [3.05, 3.63) is 53.2 Å². The lowest BCUT2D eigenvalue weighted by atomic mass is 9.96. The third-order valence-electron chi connectivity index (χ3n) is 4.48. The highest BCUT2D eigenvalue weighted by Gasteiger charge is 2.39. The van der Waals surface area contributed by atoms with Gasteiger partial charge in [0, 0.05) is 26.4 Å². The van der Waals surface area contributed by atoms with Crippen molar-refractivity contribution in [2.45, 2.75) is 32.1 Å². The van der Waals surface area contributed by atoms with Crippen LogP contribution >= 0.6 is 0 Å². The van der Waals surface area contributed by atoms with Crippen LogP contribution in [0.1, 0.15) is 41.3 Å². The maximum absolute atomic E-state index is 11.9. The van der Waals surface area contributed by atoms with Crippen LogP contribution in [0.2, 0.25) is 0 Å². The van der Waals surface area contributed by atoms with Gasteiger partial charge in [-0.15, -0.1) is 0 Å². The molecule has 0 radical (unpaired) electrons. The number of aryl methyl sites for hydroxylation is 1. The van der Waals surface area contributed by atoms with Crippen LogP contribution in [0, 0.1) is 6.92 Å². The second kappa shape index (κ2) is 5.69. The van der Waals surface area contributed by atoms with Gasteiger partial charge in [0.05, 0.1) is 5.56 Å². The predicted octanol–water partition coefficient (Wildman–Crippen LogP) is 3.94. The summed E-state index contributed by atoms with van der Waals surface area (Å²) in [5.74, 6) is 1.23. The molecule has 0 bridgehead atoms. The molecule has 3 rings (SSSR count). The van der Waals surface area contributed by atoms with E-state index in [9.17, 15) is 4.79 Å². The highest BCUT2D eigenvalue weighted by Crippen LogP contribution is 2.48. The quantitative estimate of drug-likeness (QED) is 0.859. The van der Waals surface area contributed by atoms with Crippen molar-refractivity contribution >= 4 is 5.91 Å². The molecule has 120 valence electrons. The van der Waals surface area contributed by atoms with Gasteiger partial charge < -0.3 is 9.64 Å². The van der Waals surface area contributed by atoms with Crippen LogP contribution in [0.5, 0.6) is 11.6 Å². The number of ether oxygens (including phenoxy) is 1. The lowest BCUT2D eigenvalue weighted by molar-refractivity contribution is 0.0827. The molecule has 1 fully saturated rings. The Labute approximate surface area is 137 Å². The maximum Gasteiger partial charge on any atom is 0.254 e. The van der Waals surface area contributed by atoms with Gasteiger partial charge in [-0.1, -0.05) is 19.1 Å². The third kappa shape index (κ3) is 3.21. The molecule has 1 saturated carbocycles. The molecule has 23 heavy (non-hydrogen) atoms. The zero-order chi connectivity index (χ0) is 16.6. The van der Waals surface area contributed by atoms with Crippen molar-refractivity contribution < 1.29 is 9.53 Å². The standard InChI is InChI=1S/C19H22N2O2/c1-13-11-15(19(2)9-10-19)6-7-16(13)23-17-8-5-14(12-20-17)18(22)21(3)4/h5-8,11-12H,9-10H2,1-4H3. The van der Waals surface area contributed by atoms with E-state index in [1.807, 2.05) is 6.07 Å². The van der Waals surface area contributed by atoms with Crippen molar-refractivity contribution in [1.82, 2.24) is 9.88 Å². The van der Waals surface area contributed by atoms with E-state index in [-0.39, 0.29) is 5.91 Å². The van der Waals surface area contributed by atoms with Crippen molar-refractivity contribution in [3.63, 3.8) is 0 Å².